The molecular weight excluding hydrogens is 391 g/mol. The first-order valence-corrected chi connectivity index (χ1v) is 9.91. The van der Waals surface area contributed by atoms with Gasteiger partial charge in [-0.05, 0) is 43.2 Å². The Morgan fingerprint density at radius 1 is 1.13 bits per heavy atom. The minimum absolute atomic E-state index is 0.0262. The van der Waals surface area contributed by atoms with Gasteiger partial charge >= 0.3 is 0 Å². The molecule has 4 rings (SSSR count). The summed E-state index contributed by atoms with van der Waals surface area (Å²) < 4.78 is 24.2. The van der Waals surface area contributed by atoms with Gasteiger partial charge in [-0.25, -0.2) is 4.39 Å². The van der Waals surface area contributed by atoms with Crippen molar-refractivity contribution in [2.45, 2.75) is 25.7 Å². The van der Waals surface area contributed by atoms with Gasteiger partial charge in [0.25, 0.3) is 5.91 Å². The van der Waals surface area contributed by atoms with Crippen LogP contribution in [0.2, 0.25) is 0 Å². The van der Waals surface area contributed by atoms with Gasteiger partial charge in [0.05, 0.1) is 6.54 Å². The summed E-state index contributed by atoms with van der Waals surface area (Å²) in [4.78, 5) is 27.0. The molecule has 1 fully saturated rings. The molecule has 2 aliphatic heterocycles. The van der Waals surface area contributed by atoms with E-state index < -0.39 is 18.0 Å². The molecule has 0 bridgehead atoms. The highest BCUT2D eigenvalue weighted by molar-refractivity contribution is 6.04. The monoisotopic (exact) mass is 414 g/mol. The Bertz CT molecular complexity index is 945. The molecule has 0 radical (unpaired) electrons. The zero-order valence-electron chi connectivity index (χ0n) is 16.3. The van der Waals surface area contributed by atoms with E-state index in [1.54, 1.807) is 23.1 Å². The summed E-state index contributed by atoms with van der Waals surface area (Å²) >= 11 is 0. The maximum atomic E-state index is 13.3. The molecule has 0 saturated carbocycles. The van der Waals surface area contributed by atoms with Crippen molar-refractivity contribution in [1.82, 2.24) is 4.90 Å². The number of anilines is 1. The molecule has 7 nitrogen and oxygen atoms in total. The highest BCUT2D eigenvalue weighted by Crippen LogP contribution is 2.28. The first kappa shape index (κ1) is 20.3. The smallest absolute Gasteiger partial charge is 0.255 e. The fraction of sp³-hybridized carbons (Fsp3) is 0.364. The Balaban J connectivity index is 1.50. The lowest BCUT2D eigenvalue weighted by Crippen LogP contribution is -2.42. The number of carbonyl (C=O) groups excluding carboxylic acids is 2. The molecule has 2 heterocycles. The zero-order chi connectivity index (χ0) is 21.1. The Labute approximate surface area is 173 Å². The van der Waals surface area contributed by atoms with E-state index in [0.717, 1.165) is 0 Å². The van der Waals surface area contributed by atoms with Gasteiger partial charge in [0.1, 0.15) is 11.6 Å². The molecule has 2 aromatic carbocycles. The van der Waals surface area contributed by atoms with Gasteiger partial charge in [-0.1, -0.05) is 12.1 Å². The van der Waals surface area contributed by atoms with Gasteiger partial charge in [0, 0.05) is 42.5 Å². The average Bonchev–Trinajstić information content (AvgIpc) is 2.91. The van der Waals surface area contributed by atoms with Crippen LogP contribution in [0.15, 0.2) is 42.5 Å². The Hall–Kier alpha value is -2.97. The summed E-state index contributed by atoms with van der Waals surface area (Å²) in [6.07, 6.45) is 0.132. The van der Waals surface area contributed by atoms with Crippen molar-refractivity contribution in [1.29, 1.82) is 0 Å². The molecule has 30 heavy (non-hydrogen) atoms. The maximum absolute atomic E-state index is 13.3. The van der Waals surface area contributed by atoms with E-state index in [1.807, 2.05) is 0 Å². The number of β-amino-alcohol motifs (C(OH)–C–C–N with tert-alkyl or cyclic N) is 1. The third-order valence-corrected chi connectivity index (χ3v) is 5.29. The summed E-state index contributed by atoms with van der Waals surface area (Å²) in [5, 5.41) is 12.9. The van der Waals surface area contributed by atoms with Gasteiger partial charge < -0.3 is 24.8 Å². The van der Waals surface area contributed by atoms with Crippen molar-refractivity contribution in [3.63, 3.8) is 0 Å². The summed E-state index contributed by atoms with van der Waals surface area (Å²) in [6.45, 7) is 1.46. The largest absolute Gasteiger partial charge is 0.463 e. The van der Waals surface area contributed by atoms with Crippen molar-refractivity contribution >= 4 is 17.5 Å². The van der Waals surface area contributed by atoms with Crippen LogP contribution in [0.1, 0.15) is 28.8 Å². The standard InChI is InChI=1S/C22H23FN2O5/c23-17-2-1-3-18(11-17)24-21(27)15-4-5-16-12-25(13-20(26)30-19(16)10-15)22(28)14-6-8-29-9-7-14/h1-5,10-11,14,20,26H,6-9,12-13H2,(H,24,27). The van der Waals surface area contributed by atoms with E-state index in [0.29, 0.717) is 48.6 Å². The highest BCUT2D eigenvalue weighted by atomic mass is 19.1. The number of aliphatic hydroxyl groups excluding tert-OH is 1. The number of hydrogen-bond donors (Lipinski definition) is 2. The molecule has 0 aliphatic carbocycles. The minimum Gasteiger partial charge on any atom is -0.463 e. The predicted octanol–water partition coefficient (Wildman–Crippen LogP) is 2.54. The Morgan fingerprint density at radius 3 is 2.70 bits per heavy atom. The molecule has 1 unspecified atom stereocenters. The van der Waals surface area contributed by atoms with Gasteiger partial charge in [-0.2, -0.15) is 0 Å². The van der Waals surface area contributed by atoms with E-state index in [9.17, 15) is 19.1 Å². The Kier molecular flexibility index (Phi) is 5.96. The molecule has 2 N–H and O–H groups in total. The maximum Gasteiger partial charge on any atom is 0.255 e. The van der Waals surface area contributed by atoms with E-state index in [-0.39, 0.29) is 24.9 Å². The Morgan fingerprint density at radius 2 is 1.93 bits per heavy atom. The molecule has 1 atom stereocenters. The van der Waals surface area contributed by atoms with E-state index in [2.05, 4.69) is 5.32 Å². The number of amides is 2. The van der Waals surface area contributed by atoms with Crippen LogP contribution in [-0.4, -0.2) is 47.9 Å². The van der Waals surface area contributed by atoms with Crippen LogP contribution in [0.5, 0.6) is 5.75 Å². The number of fused-ring (bicyclic) bond motifs is 1. The first-order valence-electron chi connectivity index (χ1n) is 9.91. The van der Waals surface area contributed by atoms with E-state index in [1.165, 1.54) is 24.3 Å². The van der Waals surface area contributed by atoms with Crippen molar-refractivity contribution in [3.8, 4) is 5.75 Å². The zero-order valence-corrected chi connectivity index (χ0v) is 16.3. The van der Waals surface area contributed by atoms with Crippen LogP contribution in [0.4, 0.5) is 10.1 Å². The van der Waals surface area contributed by atoms with Gasteiger partial charge in [0.15, 0.2) is 0 Å². The van der Waals surface area contributed by atoms with Crippen molar-refractivity contribution in [2.75, 3.05) is 25.1 Å². The van der Waals surface area contributed by atoms with Gasteiger partial charge in [-0.3, -0.25) is 9.59 Å². The topological polar surface area (TPSA) is 88.1 Å². The van der Waals surface area contributed by atoms with Gasteiger partial charge in [0.2, 0.25) is 12.2 Å². The second-order valence-corrected chi connectivity index (χ2v) is 7.46. The molecule has 8 heteroatoms. The van der Waals surface area contributed by atoms with E-state index in [4.69, 9.17) is 9.47 Å². The molecule has 2 aliphatic rings. The summed E-state index contributed by atoms with van der Waals surface area (Å²) in [5.41, 5.74) is 1.34. The highest BCUT2D eigenvalue weighted by Gasteiger charge is 2.31. The second kappa shape index (κ2) is 8.81. The molecular formula is C22H23FN2O5. The first-order chi connectivity index (χ1) is 14.5. The number of ether oxygens (including phenoxy) is 2. The number of aliphatic hydroxyl groups is 1. The van der Waals surface area contributed by atoms with Crippen molar-refractivity contribution in [3.05, 3.63) is 59.4 Å². The van der Waals surface area contributed by atoms with Crippen LogP contribution in [0, 0.1) is 11.7 Å². The number of nitrogens with one attached hydrogen (secondary N) is 1. The normalized spacial score (nSPS) is 19.4. The SMILES string of the molecule is O=C(Nc1cccc(F)c1)c1ccc2c(c1)OC(O)CN(C(=O)C1CCOCC1)C2. The lowest BCUT2D eigenvalue weighted by atomic mass is 9.98. The number of nitrogens with zero attached hydrogens (tertiary/aromatic N) is 1. The number of carbonyl (C=O) groups is 2. The van der Waals surface area contributed by atoms with Crippen molar-refractivity contribution < 1.29 is 28.6 Å². The quantitative estimate of drug-likeness (QED) is 0.806. The molecule has 158 valence electrons. The number of halogens is 1. The third-order valence-electron chi connectivity index (χ3n) is 5.29. The molecule has 2 amide bonds. The molecule has 1 saturated heterocycles. The summed E-state index contributed by atoms with van der Waals surface area (Å²) in [5.74, 6) is -0.682. The van der Waals surface area contributed by atoms with Crippen molar-refractivity contribution in [2.24, 2.45) is 5.92 Å². The van der Waals surface area contributed by atoms with Crippen LogP contribution in [0.25, 0.3) is 0 Å². The fourth-order valence-corrected chi connectivity index (χ4v) is 3.72. The van der Waals surface area contributed by atoms with Crippen LogP contribution >= 0.6 is 0 Å². The average molecular weight is 414 g/mol. The number of benzene rings is 2. The summed E-state index contributed by atoms with van der Waals surface area (Å²) in [7, 11) is 0. The third kappa shape index (κ3) is 4.60. The molecule has 0 spiro atoms. The fourth-order valence-electron chi connectivity index (χ4n) is 3.72. The van der Waals surface area contributed by atoms with Crippen LogP contribution in [0.3, 0.4) is 0 Å². The summed E-state index contributed by atoms with van der Waals surface area (Å²) in [6, 6.07) is 10.5. The molecule has 0 aromatic heterocycles. The molecule has 2 aromatic rings. The minimum atomic E-state index is -1.20. The van der Waals surface area contributed by atoms with E-state index >= 15 is 0 Å². The lowest BCUT2D eigenvalue weighted by molar-refractivity contribution is -0.143. The van der Waals surface area contributed by atoms with Crippen LogP contribution < -0.4 is 10.1 Å². The predicted molar refractivity (Wildman–Crippen MR) is 106 cm³/mol. The number of hydrogen-bond acceptors (Lipinski definition) is 5. The van der Waals surface area contributed by atoms with Gasteiger partial charge in [-0.15, -0.1) is 0 Å². The second-order valence-electron chi connectivity index (χ2n) is 7.46. The number of rotatable bonds is 3. The lowest BCUT2D eigenvalue weighted by Gasteiger charge is -2.28. The van der Waals surface area contributed by atoms with Crippen LogP contribution in [-0.2, 0) is 16.1 Å².